The van der Waals surface area contributed by atoms with Gasteiger partial charge in [-0.1, -0.05) is 48.0 Å². The Kier molecular flexibility index (Phi) is 7.09. The van der Waals surface area contributed by atoms with Gasteiger partial charge >= 0.3 is 0 Å². The number of nitrogens with one attached hydrogen (secondary N) is 2. The summed E-state index contributed by atoms with van der Waals surface area (Å²) in [6, 6.07) is 19.9. The van der Waals surface area contributed by atoms with Crippen molar-refractivity contribution in [2.24, 2.45) is 0 Å². The third-order valence-corrected chi connectivity index (χ3v) is 7.18. The normalized spacial score (nSPS) is 15.1. The van der Waals surface area contributed by atoms with Crippen molar-refractivity contribution in [3.05, 3.63) is 106 Å². The van der Waals surface area contributed by atoms with Gasteiger partial charge in [0.25, 0.3) is 5.91 Å². The number of benzene rings is 3. The van der Waals surface area contributed by atoms with Gasteiger partial charge in [0.2, 0.25) is 0 Å². The lowest BCUT2D eigenvalue weighted by atomic mass is 10.0. The number of hydrogen-bond donors (Lipinski definition) is 4. The van der Waals surface area contributed by atoms with Crippen molar-refractivity contribution in [3.8, 4) is 5.75 Å². The second-order valence-electron chi connectivity index (χ2n) is 9.18. The number of carbonyl (C=O) groups is 1. The molecule has 0 fully saturated rings. The minimum absolute atomic E-state index is 0.197. The number of aromatic amines is 1. The number of rotatable bonds is 8. The molecular weight excluding hydrogens is 474 g/mol. The molecule has 1 heterocycles. The van der Waals surface area contributed by atoms with Crippen molar-refractivity contribution in [2.45, 2.75) is 31.8 Å². The molecule has 0 saturated heterocycles. The topological polar surface area (TPSA) is 88.6 Å². The van der Waals surface area contributed by atoms with Crippen LogP contribution in [0.2, 0.25) is 5.02 Å². The van der Waals surface area contributed by atoms with Gasteiger partial charge in [0, 0.05) is 52.9 Å². The summed E-state index contributed by atoms with van der Waals surface area (Å²) >= 11 is 6.26. The van der Waals surface area contributed by atoms with Gasteiger partial charge in [-0.15, -0.1) is 0 Å². The number of aryl methyl sites for hydroxylation is 1. The molecule has 1 aromatic heterocycles. The summed E-state index contributed by atoms with van der Waals surface area (Å²) in [4.78, 5) is 17.1. The van der Waals surface area contributed by atoms with Crippen LogP contribution in [0.25, 0.3) is 17.0 Å². The molecule has 6 nitrogen and oxygen atoms in total. The highest BCUT2D eigenvalue weighted by molar-refractivity contribution is 6.30. The molecule has 0 spiro atoms. The first-order valence-electron chi connectivity index (χ1n) is 12.0. The smallest absolute Gasteiger partial charge is 0.267 e. The standard InChI is InChI=1S/C29H28ClN3O3/c30-23-8-11-28(34)22(16-23)18-33(14-13-21-17-31-26-4-2-1-3-24(21)26)27-10-7-20-15-19(5-9-25(20)27)6-12-29(35)32-36/h1-6,8-9,11-12,15-17,27,31,34,36H,7,10,13-14,18H2,(H,32,35). The van der Waals surface area contributed by atoms with E-state index in [4.69, 9.17) is 16.8 Å². The minimum atomic E-state index is -0.557. The molecule has 184 valence electrons. The Balaban J connectivity index is 1.42. The lowest BCUT2D eigenvalue weighted by Crippen LogP contribution is -2.29. The Morgan fingerprint density at radius 3 is 2.86 bits per heavy atom. The number of phenolic OH excluding ortho intramolecular Hbond substituents is 1. The largest absolute Gasteiger partial charge is 0.508 e. The van der Waals surface area contributed by atoms with Crippen molar-refractivity contribution in [2.75, 3.05) is 6.54 Å². The number of amides is 1. The zero-order chi connectivity index (χ0) is 25.1. The van der Waals surface area contributed by atoms with Gasteiger partial charge in [-0.05, 0) is 71.9 Å². The number of H-pyrrole nitrogens is 1. The molecule has 4 aromatic rings. The van der Waals surface area contributed by atoms with E-state index in [2.05, 4.69) is 46.4 Å². The first-order chi connectivity index (χ1) is 17.5. The van der Waals surface area contributed by atoms with E-state index in [1.54, 1.807) is 23.7 Å². The fourth-order valence-corrected chi connectivity index (χ4v) is 5.35. The molecule has 0 radical (unpaired) electrons. The lowest BCUT2D eigenvalue weighted by Gasteiger charge is -2.30. The Morgan fingerprint density at radius 1 is 1.14 bits per heavy atom. The maximum absolute atomic E-state index is 11.3. The first-order valence-corrected chi connectivity index (χ1v) is 12.4. The summed E-state index contributed by atoms with van der Waals surface area (Å²) in [5, 5.41) is 21.1. The van der Waals surface area contributed by atoms with E-state index in [0.717, 1.165) is 42.5 Å². The van der Waals surface area contributed by atoms with Gasteiger partial charge in [-0.2, -0.15) is 0 Å². The predicted molar refractivity (Wildman–Crippen MR) is 142 cm³/mol. The number of hydroxylamine groups is 1. The number of aromatic hydroxyl groups is 1. The van der Waals surface area contributed by atoms with E-state index in [-0.39, 0.29) is 11.8 Å². The van der Waals surface area contributed by atoms with Gasteiger partial charge in [-0.3, -0.25) is 14.9 Å². The van der Waals surface area contributed by atoms with E-state index in [1.165, 1.54) is 28.2 Å². The average molecular weight is 502 g/mol. The molecule has 5 rings (SSSR count). The molecule has 1 amide bonds. The molecular formula is C29H28ClN3O3. The zero-order valence-electron chi connectivity index (χ0n) is 19.7. The van der Waals surface area contributed by atoms with Crippen LogP contribution in [0.3, 0.4) is 0 Å². The van der Waals surface area contributed by atoms with Crippen LogP contribution in [0.5, 0.6) is 5.75 Å². The van der Waals surface area contributed by atoms with Crippen molar-refractivity contribution >= 4 is 34.5 Å². The third kappa shape index (κ3) is 5.16. The molecule has 1 unspecified atom stereocenters. The fourth-order valence-electron chi connectivity index (χ4n) is 5.15. The number of carbonyl (C=O) groups excluding carboxylic acids is 1. The van der Waals surface area contributed by atoms with E-state index >= 15 is 0 Å². The first kappa shape index (κ1) is 24.1. The quantitative estimate of drug-likeness (QED) is 0.140. The van der Waals surface area contributed by atoms with Crippen molar-refractivity contribution in [1.82, 2.24) is 15.4 Å². The van der Waals surface area contributed by atoms with Crippen molar-refractivity contribution < 1.29 is 15.1 Å². The molecule has 0 saturated carbocycles. The number of fused-ring (bicyclic) bond motifs is 2. The number of nitrogens with zero attached hydrogens (tertiary/aromatic N) is 1. The molecule has 1 aliphatic carbocycles. The highest BCUT2D eigenvalue weighted by atomic mass is 35.5. The third-order valence-electron chi connectivity index (χ3n) is 6.95. The van der Waals surface area contributed by atoms with Crippen LogP contribution in [-0.4, -0.2) is 32.6 Å². The van der Waals surface area contributed by atoms with Crippen molar-refractivity contribution in [1.29, 1.82) is 0 Å². The van der Waals surface area contributed by atoms with Crippen LogP contribution in [0.4, 0.5) is 0 Å². The van der Waals surface area contributed by atoms with Crippen LogP contribution >= 0.6 is 11.6 Å². The van der Waals surface area contributed by atoms with Crippen LogP contribution in [-0.2, 0) is 24.2 Å². The molecule has 1 aliphatic rings. The molecule has 7 heteroatoms. The maximum Gasteiger partial charge on any atom is 0.267 e. The summed E-state index contributed by atoms with van der Waals surface area (Å²) < 4.78 is 0. The fraction of sp³-hybridized carbons (Fsp3) is 0.207. The van der Waals surface area contributed by atoms with E-state index < -0.39 is 5.91 Å². The summed E-state index contributed by atoms with van der Waals surface area (Å²) in [6.45, 7) is 1.40. The molecule has 0 aliphatic heterocycles. The number of phenols is 1. The van der Waals surface area contributed by atoms with E-state index in [9.17, 15) is 9.90 Å². The Hall–Kier alpha value is -3.58. The predicted octanol–water partition coefficient (Wildman–Crippen LogP) is 5.78. The number of aromatic nitrogens is 1. The minimum Gasteiger partial charge on any atom is -0.508 e. The molecule has 3 aromatic carbocycles. The summed E-state index contributed by atoms with van der Waals surface area (Å²) in [5.41, 5.74) is 8.25. The summed E-state index contributed by atoms with van der Waals surface area (Å²) in [7, 11) is 0. The number of para-hydroxylation sites is 1. The van der Waals surface area contributed by atoms with E-state index in [0.29, 0.717) is 11.6 Å². The van der Waals surface area contributed by atoms with Crippen LogP contribution in [0.1, 0.15) is 40.3 Å². The van der Waals surface area contributed by atoms with Crippen LogP contribution < -0.4 is 5.48 Å². The van der Waals surface area contributed by atoms with Crippen LogP contribution in [0.15, 0.2) is 72.9 Å². The summed E-state index contributed by atoms with van der Waals surface area (Å²) in [5.74, 6) is -0.310. The lowest BCUT2D eigenvalue weighted by molar-refractivity contribution is -0.124. The average Bonchev–Trinajstić information content (AvgIpc) is 3.51. The zero-order valence-corrected chi connectivity index (χ0v) is 20.5. The number of hydrogen-bond acceptors (Lipinski definition) is 4. The molecule has 1 atom stereocenters. The monoisotopic (exact) mass is 501 g/mol. The van der Waals surface area contributed by atoms with Gasteiger partial charge in [0.1, 0.15) is 5.75 Å². The highest BCUT2D eigenvalue weighted by Crippen LogP contribution is 2.38. The van der Waals surface area contributed by atoms with E-state index in [1.807, 2.05) is 18.2 Å². The Labute approximate surface area is 214 Å². The molecule has 36 heavy (non-hydrogen) atoms. The second-order valence-corrected chi connectivity index (χ2v) is 9.61. The van der Waals surface area contributed by atoms with Gasteiger partial charge in [0.05, 0.1) is 0 Å². The second kappa shape index (κ2) is 10.6. The molecule has 0 bridgehead atoms. The SMILES string of the molecule is O=C(C=Cc1ccc2c(c1)CCC2N(CCc1c[nH]c2ccccc12)Cc1cc(Cl)ccc1O)NO. The Bertz CT molecular complexity index is 1430. The Morgan fingerprint density at radius 2 is 2.00 bits per heavy atom. The maximum atomic E-state index is 11.3. The van der Waals surface area contributed by atoms with Gasteiger partial charge < -0.3 is 10.1 Å². The highest BCUT2D eigenvalue weighted by Gasteiger charge is 2.28. The summed E-state index contributed by atoms with van der Waals surface area (Å²) in [6.07, 6.45) is 7.85. The van der Waals surface area contributed by atoms with Gasteiger partial charge in [-0.25, -0.2) is 5.48 Å². The number of halogens is 1. The van der Waals surface area contributed by atoms with Crippen molar-refractivity contribution in [3.63, 3.8) is 0 Å². The van der Waals surface area contributed by atoms with Gasteiger partial charge in [0.15, 0.2) is 0 Å². The van der Waals surface area contributed by atoms with Crippen LogP contribution in [0, 0.1) is 0 Å². The molecule has 4 N–H and O–H groups in total.